The maximum Gasteiger partial charge on any atom is 0.242 e. The van der Waals surface area contributed by atoms with E-state index in [1.54, 1.807) is 6.20 Å². The topological polar surface area (TPSA) is 68.3 Å². The minimum Gasteiger partial charge on any atom is -0.378 e. The fourth-order valence-electron chi connectivity index (χ4n) is 1.78. The quantitative estimate of drug-likeness (QED) is 0.847. The van der Waals surface area contributed by atoms with E-state index < -0.39 is 10.0 Å². The van der Waals surface area contributed by atoms with Crippen LogP contribution in [0.4, 0.5) is 0 Å². The molecule has 0 radical (unpaired) electrons. The van der Waals surface area contributed by atoms with Crippen molar-refractivity contribution in [2.75, 3.05) is 7.11 Å². The van der Waals surface area contributed by atoms with E-state index >= 15 is 0 Å². The standard InChI is InChI=1S/C14H15BrN2O3S/c1-20-10-13-14(7-12(15)9-16-13)21(18,19)17-8-11-5-3-2-4-6-11/h2-7,9,17H,8,10H2,1H3. The van der Waals surface area contributed by atoms with E-state index in [0.717, 1.165) is 5.56 Å². The molecule has 0 fully saturated rings. The third-order valence-corrected chi connectivity index (χ3v) is 4.67. The van der Waals surface area contributed by atoms with Crippen LogP contribution in [0.15, 0.2) is 52.0 Å². The Morgan fingerprint density at radius 2 is 2.00 bits per heavy atom. The monoisotopic (exact) mass is 370 g/mol. The lowest BCUT2D eigenvalue weighted by atomic mass is 10.2. The second-order valence-electron chi connectivity index (χ2n) is 4.34. The molecule has 1 aromatic carbocycles. The van der Waals surface area contributed by atoms with E-state index in [0.29, 0.717) is 10.2 Å². The summed E-state index contributed by atoms with van der Waals surface area (Å²) in [6.45, 7) is 0.358. The number of hydrogen-bond acceptors (Lipinski definition) is 4. The average Bonchev–Trinajstić information content (AvgIpc) is 2.48. The van der Waals surface area contributed by atoms with Crippen molar-refractivity contribution in [3.05, 3.63) is 58.3 Å². The summed E-state index contributed by atoms with van der Waals surface area (Å²) in [5.74, 6) is 0. The number of pyridine rings is 1. The van der Waals surface area contributed by atoms with Crippen molar-refractivity contribution in [3.63, 3.8) is 0 Å². The summed E-state index contributed by atoms with van der Waals surface area (Å²) < 4.78 is 33.0. The predicted octanol–water partition coefficient (Wildman–Crippen LogP) is 2.47. The predicted molar refractivity (Wildman–Crippen MR) is 83.1 cm³/mol. The van der Waals surface area contributed by atoms with E-state index in [2.05, 4.69) is 25.6 Å². The number of rotatable bonds is 6. The lowest BCUT2D eigenvalue weighted by molar-refractivity contribution is 0.179. The number of nitrogens with one attached hydrogen (secondary N) is 1. The minimum atomic E-state index is -3.66. The first-order valence-corrected chi connectivity index (χ1v) is 8.47. The van der Waals surface area contributed by atoms with Gasteiger partial charge < -0.3 is 4.74 Å². The molecule has 0 saturated heterocycles. The maximum absolute atomic E-state index is 12.4. The number of nitrogens with zero attached hydrogens (tertiary/aromatic N) is 1. The molecule has 0 atom stereocenters. The maximum atomic E-state index is 12.4. The SMILES string of the molecule is COCc1ncc(Br)cc1S(=O)(=O)NCc1ccccc1. The second-order valence-corrected chi connectivity index (χ2v) is 6.99. The van der Waals surface area contributed by atoms with Gasteiger partial charge in [-0.3, -0.25) is 4.98 Å². The molecule has 0 aliphatic rings. The van der Waals surface area contributed by atoms with Crippen LogP contribution in [0.1, 0.15) is 11.3 Å². The van der Waals surface area contributed by atoms with Crippen LogP contribution in [0.3, 0.4) is 0 Å². The van der Waals surface area contributed by atoms with Crippen molar-refractivity contribution in [2.45, 2.75) is 18.0 Å². The van der Waals surface area contributed by atoms with Gasteiger partial charge in [0.05, 0.1) is 12.3 Å². The fraction of sp³-hybridized carbons (Fsp3) is 0.214. The van der Waals surface area contributed by atoms with E-state index in [9.17, 15) is 8.42 Å². The highest BCUT2D eigenvalue weighted by Gasteiger charge is 2.19. The average molecular weight is 371 g/mol. The van der Waals surface area contributed by atoms with E-state index in [4.69, 9.17) is 4.74 Å². The zero-order valence-electron chi connectivity index (χ0n) is 11.4. The Kier molecular flexibility index (Phi) is 5.46. The van der Waals surface area contributed by atoms with Crippen LogP contribution in [-0.4, -0.2) is 20.5 Å². The highest BCUT2D eigenvalue weighted by atomic mass is 79.9. The molecule has 21 heavy (non-hydrogen) atoms. The molecule has 0 amide bonds. The molecule has 2 rings (SSSR count). The number of methoxy groups -OCH3 is 1. The molecular weight excluding hydrogens is 356 g/mol. The molecule has 0 aliphatic heterocycles. The van der Waals surface area contributed by atoms with Crippen LogP contribution >= 0.6 is 15.9 Å². The van der Waals surface area contributed by atoms with Crippen molar-refractivity contribution in [2.24, 2.45) is 0 Å². The van der Waals surface area contributed by atoms with Crippen LogP contribution in [0.2, 0.25) is 0 Å². The third kappa shape index (κ3) is 4.34. The molecule has 5 nitrogen and oxygen atoms in total. The number of ether oxygens (including phenoxy) is 1. The summed E-state index contributed by atoms with van der Waals surface area (Å²) in [6, 6.07) is 10.8. The third-order valence-electron chi connectivity index (χ3n) is 2.78. The molecular formula is C14H15BrN2O3S. The molecule has 0 spiro atoms. The van der Waals surface area contributed by atoms with E-state index in [1.807, 2.05) is 30.3 Å². The van der Waals surface area contributed by atoms with Gasteiger partial charge in [-0.05, 0) is 27.6 Å². The van der Waals surface area contributed by atoms with Gasteiger partial charge in [0.2, 0.25) is 10.0 Å². The second kappa shape index (κ2) is 7.13. The number of sulfonamides is 1. The number of benzene rings is 1. The van der Waals surface area contributed by atoms with E-state index in [-0.39, 0.29) is 18.0 Å². The molecule has 0 bridgehead atoms. The van der Waals surface area contributed by atoms with Gasteiger partial charge in [-0.2, -0.15) is 0 Å². The fourth-order valence-corrected chi connectivity index (χ4v) is 3.48. The van der Waals surface area contributed by atoms with Crippen molar-refractivity contribution in [1.29, 1.82) is 0 Å². The summed E-state index contributed by atoms with van der Waals surface area (Å²) >= 11 is 3.24. The van der Waals surface area contributed by atoms with Gasteiger partial charge in [-0.1, -0.05) is 30.3 Å². The number of halogens is 1. The van der Waals surface area contributed by atoms with Gasteiger partial charge in [0.15, 0.2) is 0 Å². The lowest BCUT2D eigenvalue weighted by Gasteiger charge is -2.11. The van der Waals surface area contributed by atoms with Gasteiger partial charge in [0, 0.05) is 24.3 Å². The van der Waals surface area contributed by atoms with Gasteiger partial charge in [-0.25, -0.2) is 13.1 Å². The largest absolute Gasteiger partial charge is 0.378 e. The molecule has 0 aliphatic carbocycles. The minimum absolute atomic E-state index is 0.120. The van der Waals surface area contributed by atoms with Crippen LogP contribution in [-0.2, 0) is 27.9 Å². The van der Waals surface area contributed by atoms with Crippen molar-refractivity contribution < 1.29 is 13.2 Å². The Balaban J connectivity index is 2.24. The normalized spacial score (nSPS) is 11.5. The number of hydrogen-bond donors (Lipinski definition) is 1. The van der Waals surface area contributed by atoms with E-state index in [1.165, 1.54) is 13.2 Å². The summed E-state index contributed by atoms with van der Waals surface area (Å²) in [7, 11) is -2.16. The number of aromatic nitrogens is 1. The van der Waals surface area contributed by atoms with Crippen LogP contribution in [0.25, 0.3) is 0 Å². The first-order chi connectivity index (χ1) is 10.0. The zero-order chi connectivity index (χ0) is 15.3. The smallest absolute Gasteiger partial charge is 0.242 e. The summed E-state index contributed by atoms with van der Waals surface area (Å²) in [4.78, 5) is 4.22. The molecule has 1 heterocycles. The van der Waals surface area contributed by atoms with Crippen LogP contribution < -0.4 is 4.72 Å². The molecule has 2 aromatic rings. The molecule has 112 valence electrons. The molecule has 7 heteroatoms. The van der Waals surface area contributed by atoms with Crippen LogP contribution in [0, 0.1) is 0 Å². The van der Waals surface area contributed by atoms with Gasteiger partial charge in [0.25, 0.3) is 0 Å². The molecule has 0 unspecified atom stereocenters. The Morgan fingerprint density at radius 1 is 1.29 bits per heavy atom. The first kappa shape index (κ1) is 16.1. The Labute approximate surface area is 132 Å². The lowest BCUT2D eigenvalue weighted by Crippen LogP contribution is -2.25. The van der Waals surface area contributed by atoms with Gasteiger partial charge in [0.1, 0.15) is 4.90 Å². The molecule has 1 aromatic heterocycles. The highest BCUT2D eigenvalue weighted by Crippen LogP contribution is 2.19. The first-order valence-electron chi connectivity index (χ1n) is 6.20. The highest BCUT2D eigenvalue weighted by molar-refractivity contribution is 9.10. The Bertz CT molecular complexity index is 705. The Morgan fingerprint density at radius 3 is 2.67 bits per heavy atom. The summed E-state index contributed by atoms with van der Waals surface area (Å²) in [5.41, 5.74) is 1.26. The zero-order valence-corrected chi connectivity index (χ0v) is 13.8. The molecule has 1 N–H and O–H groups in total. The van der Waals surface area contributed by atoms with Gasteiger partial charge in [-0.15, -0.1) is 0 Å². The Hall–Kier alpha value is -1.28. The summed E-state index contributed by atoms with van der Waals surface area (Å²) in [5, 5.41) is 0. The summed E-state index contributed by atoms with van der Waals surface area (Å²) in [6.07, 6.45) is 1.55. The van der Waals surface area contributed by atoms with Crippen molar-refractivity contribution in [1.82, 2.24) is 9.71 Å². The van der Waals surface area contributed by atoms with Crippen LogP contribution in [0.5, 0.6) is 0 Å². The molecule has 0 saturated carbocycles. The van der Waals surface area contributed by atoms with Crippen molar-refractivity contribution >= 4 is 26.0 Å². The van der Waals surface area contributed by atoms with Crippen molar-refractivity contribution in [3.8, 4) is 0 Å². The van der Waals surface area contributed by atoms with Gasteiger partial charge >= 0.3 is 0 Å².